The van der Waals surface area contributed by atoms with Crippen LogP contribution in [0.25, 0.3) is 0 Å². The van der Waals surface area contributed by atoms with E-state index in [1.165, 1.54) is 28.6 Å². The molecular weight excluding hydrogens is 461 g/mol. The maximum Gasteiger partial charge on any atom is 0.258 e. The Morgan fingerprint density at radius 2 is 1.62 bits per heavy atom. The monoisotopic (exact) mass is 483 g/mol. The molecule has 4 rings (SSSR count). The van der Waals surface area contributed by atoms with Crippen LogP contribution in [0, 0.1) is 5.82 Å². The molecule has 0 atom stereocenters. The Hall–Kier alpha value is -2.24. The molecule has 2 fully saturated rings. The van der Waals surface area contributed by atoms with E-state index in [2.05, 4.69) is 5.32 Å². The minimum atomic E-state index is -3.78. The van der Waals surface area contributed by atoms with Crippen molar-refractivity contribution in [3.05, 3.63) is 52.8 Å². The van der Waals surface area contributed by atoms with Crippen LogP contribution in [0.5, 0.6) is 0 Å². The number of amides is 1. The minimum Gasteiger partial charge on any atom is -0.379 e. The molecule has 11 heteroatoms. The summed E-state index contributed by atoms with van der Waals surface area (Å²) in [6.45, 7) is 3.33. The second kappa shape index (κ2) is 9.72. The summed E-state index contributed by atoms with van der Waals surface area (Å²) in [5, 5.41) is 2.86. The van der Waals surface area contributed by atoms with E-state index in [9.17, 15) is 17.6 Å². The van der Waals surface area contributed by atoms with Gasteiger partial charge in [-0.1, -0.05) is 11.6 Å². The lowest BCUT2D eigenvalue weighted by Crippen LogP contribution is -2.40. The van der Waals surface area contributed by atoms with Gasteiger partial charge in [-0.25, -0.2) is 12.8 Å². The standard InChI is InChI=1S/C21H23ClFN3O5S/c22-15-1-3-17(18(23)13-15)21(27)24-19-14-16(32(28,29)26-7-11-31-12-8-26)2-4-20(19)25-5-9-30-10-6-25/h1-4,13-14H,5-12H2,(H,24,27). The van der Waals surface area contributed by atoms with Crippen molar-refractivity contribution in [1.82, 2.24) is 4.31 Å². The number of anilines is 2. The van der Waals surface area contributed by atoms with E-state index in [0.717, 1.165) is 6.07 Å². The number of benzene rings is 2. The SMILES string of the molecule is O=C(Nc1cc(S(=O)(=O)N2CCOCC2)ccc1N1CCOCC1)c1ccc(Cl)cc1F. The third-order valence-electron chi connectivity index (χ3n) is 5.35. The van der Waals surface area contributed by atoms with Crippen molar-refractivity contribution in [2.75, 3.05) is 62.8 Å². The third kappa shape index (κ3) is 4.89. The highest BCUT2D eigenvalue weighted by Crippen LogP contribution is 2.32. The number of hydrogen-bond donors (Lipinski definition) is 1. The first-order valence-electron chi connectivity index (χ1n) is 10.2. The van der Waals surface area contributed by atoms with E-state index < -0.39 is 21.7 Å². The highest BCUT2D eigenvalue weighted by molar-refractivity contribution is 7.89. The third-order valence-corrected chi connectivity index (χ3v) is 7.48. The average molecular weight is 484 g/mol. The van der Waals surface area contributed by atoms with Gasteiger partial charge in [-0.3, -0.25) is 4.79 Å². The van der Waals surface area contributed by atoms with E-state index >= 15 is 0 Å². The number of rotatable bonds is 5. The first-order valence-corrected chi connectivity index (χ1v) is 12.0. The second-order valence-corrected chi connectivity index (χ2v) is 9.75. The van der Waals surface area contributed by atoms with E-state index in [4.69, 9.17) is 21.1 Å². The van der Waals surface area contributed by atoms with Crippen molar-refractivity contribution >= 4 is 38.9 Å². The summed E-state index contributed by atoms with van der Waals surface area (Å²) in [6, 6.07) is 8.36. The smallest absolute Gasteiger partial charge is 0.258 e. The number of morpholine rings is 2. The van der Waals surface area contributed by atoms with Crippen LogP contribution in [-0.2, 0) is 19.5 Å². The maximum absolute atomic E-state index is 14.3. The van der Waals surface area contributed by atoms with Crippen LogP contribution in [-0.4, -0.2) is 71.2 Å². The van der Waals surface area contributed by atoms with Crippen molar-refractivity contribution in [3.8, 4) is 0 Å². The fraction of sp³-hybridized carbons (Fsp3) is 0.381. The number of nitrogens with zero attached hydrogens (tertiary/aromatic N) is 2. The molecule has 0 unspecified atom stereocenters. The second-order valence-electron chi connectivity index (χ2n) is 7.37. The largest absolute Gasteiger partial charge is 0.379 e. The van der Waals surface area contributed by atoms with Crippen LogP contribution in [0.4, 0.5) is 15.8 Å². The normalized spacial score (nSPS) is 17.9. The number of hydrogen-bond acceptors (Lipinski definition) is 6. The molecule has 0 saturated carbocycles. The predicted molar refractivity (Wildman–Crippen MR) is 118 cm³/mol. The summed E-state index contributed by atoms with van der Waals surface area (Å²) in [6.07, 6.45) is 0. The topological polar surface area (TPSA) is 88.2 Å². The molecule has 0 aliphatic carbocycles. The van der Waals surface area contributed by atoms with Crippen molar-refractivity contribution < 1.29 is 27.1 Å². The Kier molecular flexibility index (Phi) is 6.96. The van der Waals surface area contributed by atoms with Gasteiger partial charge in [0.05, 0.1) is 48.3 Å². The molecule has 0 radical (unpaired) electrons. The van der Waals surface area contributed by atoms with Gasteiger partial charge < -0.3 is 19.7 Å². The Balaban J connectivity index is 1.69. The van der Waals surface area contributed by atoms with Crippen LogP contribution < -0.4 is 10.2 Å². The summed E-state index contributed by atoms with van der Waals surface area (Å²) < 4.78 is 52.5. The molecule has 0 spiro atoms. The first kappa shape index (κ1) is 22.9. The van der Waals surface area contributed by atoms with Crippen LogP contribution in [0.15, 0.2) is 41.3 Å². The molecule has 32 heavy (non-hydrogen) atoms. The van der Waals surface area contributed by atoms with Gasteiger partial charge in [0.15, 0.2) is 0 Å². The Bertz CT molecular complexity index is 1100. The Morgan fingerprint density at radius 3 is 2.28 bits per heavy atom. The van der Waals surface area contributed by atoms with Crippen molar-refractivity contribution in [3.63, 3.8) is 0 Å². The van der Waals surface area contributed by atoms with Gasteiger partial charge in [-0.15, -0.1) is 0 Å². The van der Waals surface area contributed by atoms with Gasteiger partial charge in [-0.05, 0) is 36.4 Å². The zero-order valence-corrected chi connectivity index (χ0v) is 18.8. The fourth-order valence-corrected chi connectivity index (χ4v) is 5.25. The van der Waals surface area contributed by atoms with E-state index in [-0.39, 0.29) is 34.3 Å². The lowest BCUT2D eigenvalue weighted by Gasteiger charge is -2.31. The number of carbonyl (C=O) groups is 1. The van der Waals surface area contributed by atoms with Gasteiger partial charge in [-0.2, -0.15) is 4.31 Å². The molecule has 8 nitrogen and oxygen atoms in total. The zero-order chi connectivity index (χ0) is 22.7. The van der Waals surface area contributed by atoms with E-state index in [1.807, 2.05) is 4.90 Å². The van der Waals surface area contributed by atoms with Gasteiger partial charge in [0.1, 0.15) is 5.82 Å². The molecule has 1 N–H and O–H groups in total. The number of carbonyl (C=O) groups excluding carboxylic acids is 1. The highest BCUT2D eigenvalue weighted by atomic mass is 35.5. The summed E-state index contributed by atoms with van der Waals surface area (Å²) in [4.78, 5) is 14.9. The molecule has 2 aromatic rings. The molecule has 2 heterocycles. The Labute approximate surface area is 190 Å². The van der Waals surface area contributed by atoms with Crippen molar-refractivity contribution in [2.45, 2.75) is 4.90 Å². The molecule has 2 saturated heterocycles. The number of nitrogens with one attached hydrogen (secondary N) is 1. The molecule has 1 amide bonds. The van der Waals surface area contributed by atoms with E-state index in [1.54, 1.807) is 6.07 Å². The summed E-state index contributed by atoms with van der Waals surface area (Å²) >= 11 is 5.78. The highest BCUT2D eigenvalue weighted by Gasteiger charge is 2.28. The first-order chi connectivity index (χ1) is 15.4. The minimum absolute atomic E-state index is 0.0447. The molecule has 172 valence electrons. The van der Waals surface area contributed by atoms with Crippen LogP contribution >= 0.6 is 11.6 Å². The van der Waals surface area contributed by atoms with Gasteiger partial charge in [0.2, 0.25) is 10.0 Å². The molecule has 0 aromatic heterocycles. The van der Waals surface area contributed by atoms with Gasteiger partial charge >= 0.3 is 0 Å². The molecule has 0 bridgehead atoms. The van der Waals surface area contributed by atoms with Gasteiger partial charge in [0, 0.05) is 31.2 Å². The number of sulfonamides is 1. The quantitative estimate of drug-likeness (QED) is 0.703. The van der Waals surface area contributed by atoms with Gasteiger partial charge in [0.25, 0.3) is 5.91 Å². The lowest BCUT2D eigenvalue weighted by atomic mass is 10.1. The molecule has 2 aliphatic rings. The molecular formula is C21H23ClFN3O5S. The zero-order valence-electron chi connectivity index (χ0n) is 17.2. The summed E-state index contributed by atoms with van der Waals surface area (Å²) in [5.74, 6) is -1.46. The summed E-state index contributed by atoms with van der Waals surface area (Å²) in [5.41, 5.74) is 0.723. The predicted octanol–water partition coefficient (Wildman–Crippen LogP) is 2.59. The lowest BCUT2D eigenvalue weighted by molar-refractivity contribution is 0.0730. The maximum atomic E-state index is 14.3. The average Bonchev–Trinajstić information content (AvgIpc) is 2.80. The number of ether oxygens (including phenoxy) is 2. The van der Waals surface area contributed by atoms with Crippen molar-refractivity contribution in [2.24, 2.45) is 0 Å². The van der Waals surface area contributed by atoms with E-state index in [0.29, 0.717) is 45.2 Å². The van der Waals surface area contributed by atoms with Crippen LogP contribution in [0.3, 0.4) is 0 Å². The fourth-order valence-electron chi connectivity index (χ4n) is 3.66. The van der Waals surface area contributed by atoms with Crippen LogP contribution in [0.1, 0.15) is 10.4 Å². The van der Waals surface area contributed by atoms with Crippen molar-refractivity contribution in [1.29, 1.82) is 0 Å². The summed E-state index contributed by atoms with van der Waals surface area (Å²) in [7, 11) is -3.78. The molecule has 2 aromatic carbocycles. The number of halogens is 2. The Morgan fingerprint density at radius 1 is 0.969 bits per heavy atom. The van der Waals surface area contributed by atoms with Crippen LogP contribution in [0.2, 0.25) is 5.02 Å². The molecule has 2 aliphatic heterocycles.